The van der Waals surface area contributed by atoms with E-state index in [2.05, 4.69) is 69.2 Å². The molecule has 2 rings (SSSR count). The van der Waals surface area contributed by atoms with E-state index in [0.29, 0.717) is 6.54 Å². The Labute approximate surface area is 154 Å². The minimum Gasteiger partial charge on any atom is -0.357 e. The normalized spacial score (nSPS) is 11.2. The van der Waals surface area contributed by atoms with Gasteiger partial charge in [-0.1, -0.05) is 0 Å². The number of nitrogens with zero attached hydrogens (tertiary/aromatic N) is 6. The molecule has 0 aliphatic heterocycles. The lowest BCUT2D eigenvalue weighted by atomic mass is 10.4. The minimum atomic E-state index is 0. The number of hydrogen-bond acceptors (Lipinski definition) is 3. The smallest absolute Gasteiger partial charge is 0.194 e. The van der Waals surface area contributed by atoms with Crippen molar-refractivity contribution in [2.24, 2.45) is 12.0 Å². The molecule has 0 saturated carbocycles. The quantitative estimate of drug-likeness (QED) is 0.431. The van der Waals surface area contributed by atoms with Gasteiger partial charge in [-0.25, -0.2) is 4.99 Å². The van der Waals surface area contributed by atoms with E-state index < -0.39 is 0 Å². The highest BCUT2D eigenvalue weighted by Gasteiger charge is 2.09. The molecule has 0 unspecified atom stereocenters. The van der Waals surface area contributed by atoms with Gasteiger partial charge in [0, 0.05) is 39.1 Å². The van der Waals surface area contributed by atoms with E-state index in [1.165, 1.54) is 5.69 Å². The molecular weight excluding hydrogens is 405 g/mol. The molecule has 1 N–H and O–H groups in total. The highest BCUT2D eigenvalue weighted by atomic mass is 127. The number of aryl methyl sites for hydroxylation is 2. The second-order valence-corrected chi connectivity index (χ2v) is 5.17. The standard InChI is InChI=1S/C15H25N7.HI/c1-5-16-15(17-10-14-19-18-12-22(14)6-2)21(4)11-13-8-7-9-20(13)3;/h7-9,12H,5-6,10-11H2,1-4H3,(H,16,17);1H. The third kappa shape index (κ3) is 5.22. The van der Waals surface area contributed by atoms with Crippen LogP contribution in [0.4, 0.5) is 0 Å². The van der Waals surface area contributed by atoms with Crippen LogP contribution in [0.2, 0.25) is 0 Å². The number of aromatic nitrogens is 4. The van der Waals surface area contributed by atoms with Gasteiger partial charge in [-0.05, 0) is 26.0 Å². The second-order valence-electron chi connectivity index (χ2n) is 5.17. The summed E-state index contributed by atoms with van der Waals surface area (Å²) >= 11 is 0. The van der Waals surface area contributed by atoms with Gasteiger partial charge in [0.05, 0.1) is 6.54 Å². The molecule has 0 radical (unpaired) electrons. The van der Waals surface area contributed by atoms with Crippen LogP contribution in [-0.4, -0.2) is 43.8 Å². The molecule has 0 bridgehead atoms. The Morgan fingerprint density at radius 1 is 1.39 bits per heavy atom. The van der Waals surface area contributed by atoms with Gasteiger partial charge in [-0.2, -0.15) is 0 Å². The molecule has 2 heterocycles. The molecular formula is C15H26IN7. The van der Waals surface area contributed by atoms with Crippen LogP contribution >= 0.6 is 24.0 Å². The van der Waals surface area contributed by atoms with Gasteiger partial charge in [0.1, 0.15) is 12.9 Å². The van der Waals surface area contributed by atoms with Gasteiger partial charge in [-0.3, -0.25) is 0 Å². The Morgan fingerprint density at radius 2 is 2.17 bits per heavy atom. The van der Waals surface area contributed by atoms with Gasteiger partial charge >= 0.3 is 0 Å². The number of nitrogens with one attached hydrogen (secondary N) is 1. The molecule has 2 aromatic heterocycles. The largest absolute Gasteiger partial charge is 0.357 e. The molecule has 128 valence electrons. The number of guanidine groups is 1. The number of halogens is 1. The fourth-order valence-electron chi connectivity index (χ4n) is 2.26. The van der Waals surface area contributed by atoms with Crippen molar-refractivity contribution in [2.45, 2.75) is 33.5 Å². The van der Waals surface area contributed by atoms with Crippen molar-refractivity contribution in [2.75, 3.05) is 13.6 Å². The lowest BCUT2D eigenvalue weighted by molar-refractivity contribution is 0.461. The van der Waals surface area contributed by atoms with Crippen molar-refractivity contribution < 1.29 is 0 Å². The van der Waals surface area contributed by atoms with E-state index in [9.17, 15) is 0 Å². The van der Waals surface area contributed by atoms with E-state index in [4.69, 9.17) is 0 Å². The number of hydrogen-bond donors (Lipinski definition) is 1. The van der Waals surface area contributed by atoms with Crippen LogP contribution in [0, 0.1) is 0 Å². The summed E-state index contributed by atoms with van der Waals surface area (Å²) in [5, 5.41) is 11.4. The topological polar surface area (TPSA) is 63.3 Å². The van der Waals surface area contributed by atoms with Gasteiger partial charge in [0.15, 0.2) is 11.8 Å². The average Bonchev–Trinajstić information content (AvgIpc) is 3.12. The first-order valence-corrected chi connectivity index (χ1v) is 7.62. The van der Waals surface area contributed by atoms with Crippen LogP contribution in [-0.2, 0) is 26.7 Å². The van der Waals surface area contributed by atoms with E-state index in [1.54, 1.807) is 6.33 Å². The van der Waals surface area contributed by atoms with Gasteiger partial charge in [0.2, 0.25) is 0 Å². The second kappa shape index (κ2) is 9.53. The molecule has 7 nitrogen and oxygen atoms in total. The molecule has 0 amide bonds. The zero-order valence-electron chi connectivity index (χ0n) is 14.2. The summed E-state index contributed by atoms with van der Waals surface area (Å²) in [6.45, 7) is 7.15. The van der Waals surface area contributed by atoms with Crippen LogP contribution < -0.4 is 5.32 Å². The maximum atomic E-state index is 4.67. The van der Waals surface area contributed by atoms with E-state index in [0.717, 1.165) is 31.4 Å². The first-order valence-electron chi connectivity index (χ1n) is 7.62. The molecule has 23 heavy (non-hydrogen) atoms. The number of rotatable bonds is 6. The summed E-state index contributed by atoms with van der Waals surface area (Å²) in [7, 11) is 4.09. The Kier molecular flexibility index (Phi) is 8.07. The van der Waals surface area contributed by atoms with Gasteiger partial charge in [-0.15, -0.1) is 34.2 Å². The summed E-state index contributed by atoms with van der Waals surface area (Å²) in [6.07, 6.45) is 3.79. The van der Waals surface area contributed by atoms with Crippen LogP contribution in [0.15, 0.2) is 29.6 Å². The Balaban J connectivity index is 0.00000264. The Hall–Kier alpha value is -1.58. The zero-order valence-corrected chi connectivity index (χ0v) is 16.6. The molecule has 0 aliphatic rings. The van der Waals surface area contributed by atoms with Crippen molar-refractivity contribution in [3.8, 4) is 0 Å². The summed E-state index contributed by atoms with van der Waals surface area (Å²) < 4.78 is 4.12. The maximum Gasteiger partial charge on any atom is 0.194 e. The fraction of sp³-hybridized carbons (Fsp3) is 0.533. The predicted molar refractivity (Wildman–Crippen MR) is 103 cm³/mol. The van der Waals surface area contributed by atoms with Crippen molar-refractivity contribution in [3.63, 3.8) is 0 Å². The Morgan fingerprint density at radius 3 is 2.78 bits per heavy atom. The molecule has 0 saturated heterocycles. The lowest BCUT2D eigenvalue weighted by Crippen LogP contribution is -2.38. The van der Waals surface area contributed by atoms with E-state index >= 15 is 0 Å². The highest BCUT2D eigenvalue weighted by molar-refractivity contribution is 14.0. The highest BCUT2D eigenvalue weighted by Crippen LogP contribution is 2.05. The third-order valence-electron chi connectivity index (χ3n) is 3.55. The fourth-order valence-corrected chi connectivity index (χ4v) is 2.26. The monoisotopic (exact) mass is 431 g/mol. The van der Waals surface area contributed by atoms with E-state index in [1.807, 2.05) is 11.6 Å². The number of aliphatic imine (C=N–C) groups is 1. The maximum absolute atomic E-state index is 4.67. The first-order chi connectivity index (χ1) is 10.7. The molecule has 0 aromatic carbocycles. The van der Waals surface area contributed by atoms with Crippen molar-refractivity contribution >= 4 is 29.9 Å². The van der Waals surface area contributed by atoms with Gasteiger partial charge < -0.3 is 19.4 Å². The summed E-state index contributed by atoms with van der Waals surface area (Å²) in [6, 6.07) is 4.17. The predicted octanol–water partition coefficient (Wildman–Crippen LogP) is 1.85. The molecule has 2 aromatic rings. The Bertz CT molecular complexity index is 617. The molecule has 0 aliphatic carbocycles. The SMILES string of the molecule is CCNC(=NCc1nncn1CC)N(C)Cc1cccn1C.I. The molecule has 8 heteroatoms. The van der Waals surface area contributed by atoms with Crippen LogP contribution in [0.3, 0.4) is 0 Å². The van der Waals surface area contributed by atoms with Crippen molar-refractivity contribution in [3.05, 3.63) is 36.2 Å². The van der Waals surface area contributed by atoms with Crippen LogP contribution in [0.1, 0.15) is 25.4 Å². The third-order valence-corrected chi connectivity index (χ3v) is 3.55. The first kappa shape index (κ1) is 19.5. The summed E-state index contributed by atoms with van der Waals surface area (Å²) in [5.41, 5.74) is 1.24. The molecule has 0 fully saturated rings. The van der Waals surface area contributed by atoms with Crippen molar-refractivity contribution in [1.82, 2.24) is 29.5 Å². The van der Waals surface area contributed by atoms with E-state index in [-0.39, 0.29) is 24.0 Å². The zero-order chi connectivity index (χ0) is 15.9. The van der Waals surface area contributed by atoms with Crippen LogP contribution in [0.25, 0.3) is 0 Å². The summed E-state index contributed by atoms with van der Waals surface area (Å²) in [5.74, 6) is 1.75. The van der Waals surface area contributed by atoms with Crippen LogP contribution in [0.5, 0.6) is 0 Å². The summed E-state index contributed by atoms with van der Waals surface area (Å²) in [4.78, 5) is 6.79. The lowest BCUT2D eigenvalue weighted by Gasteiger charge is -2.22. The molecule has 0 atom stereocenters. The van der Waals surface area contributed by atoms with Crippen molar-refractivity contribution in [1.29, 1.82) is 0 Å². The minimum absolute atomic E-state index is 0. The average molecular weight is 431 g/mol. The molecule has 0 spiro atoms. The van der Waals surface area contributed by atoms with Gasteiger partial charge in [0.25, 0.3) is 0 Å².